The van der Waals surface area contributed by atoms with Gasteiger partial charge in [0.15, 0.2) is 0 Å². The van der Waals surface area contributed by atoms with E-state index in [0.717, 1.165) is 6.20 Å². The molecule has 0 saturated heterocycles. The van der Waals surface area contributed by atoms with Crippen LogP contribution in [0, 0.1) is 10.1 Å². The second-order valence-electron chi connectivity index (χ2n) is 1.23. The van der Waals surface area contributed by atoms with Gasteiger partial charge in [0.25, 0.3) is 12.1 Å². The maximum absolute atomic E-state index is 9.74. The third kappa shape index (κ3) is 3.33. The number of ether oxygens (including phenoxy) is 1. The first kappa shape index (κ1) is 7.74. The molecule has 0 bridgehead atoms. The summed E-state index contributed by atoms with van der Waals surface area (Å²) in [6.45, 7) is 0. The van der Waals surface area contributed by atoms with Gasteiger partial charge in [-0.05, 0) is 0 Å². The van der Waals surface area contributed by atoms with Crippen LogP contribution in [0.2, 0.25) is 0 Å². The van der Waals surface area contributed by atoms with Crippen molar-refractivity contribution in [2.75, 3.05) is 14.2 Å². The molecule has 1 N–H and O–H groups in total. The first-order valence-electron chi connectivity index (χ1n) is 2.27. The van der Waals surface area contributed by atoms with Crippen LogP contribution in [-0.4, -0.2) is 19.1 Å². The highest BCUT2D eigenvalue weighted by atomic mass is 16.6. The molecule has 5 heteroatoms. The summed E-state index contributed by atoms with van der Waals surface area (Å²) in [4.78, 5) is 9.15. The zero-order valence-electron chi connectivity index (χ0n) is 5.25. The van der Waals surface area contributed by atoms with Gasteiger partial charge in [-0.25, -0.2) is 0 Å². The van der Waals surface area contributed by atoms with Crippen molar-refractivity contribution in [2.45, 2.75) is 0 Å². The first-order chi connectivity index (χ1) is 4.20. The van der Waals surface area contributed by atoms with Crippen molar-refractivity contribution >= 4 is 0 Å². The minimum atomic E-state index is -0.588. The zero-order chi connectivity index (χ0) is 7.28. The molecule has 9 heavy (non-hydrogen) atoms. The number of rotatable bonds is 3. The van der Waals surface area contributed by atoms with Gasteiger partial charge in [-0.1, -0.05) is 0 Å². The lowest BCUT2D eigenvalue weighted by Gasteiger charge is -1.98. The average molecular weight is 132 g/mol. The van der Waals surface area contributed by atoms with Crippen LogP contribution >= 0.6 is 0 Å². The molecule has 5 nitrogen and oxygen atoms in total. The van der Waals surface area contributed by atoms with E-state index in [2.05, 4.69) is 10.1 Å². The molecule has 0 aliphatic carbocycles. The van der Waals surface area contributed by atoms with E-state index in [0.29, 0.717) is 0 Å². The van der Waals surface area contributed by atoms with Crippen LogP contribution in [0.15, 0.2) is 12.1 Å². The van der Waals surface area contributed by atoms with Gasteiger partial charge in [0, 0.05) is 7.05 Å². The molecule has 0 unspecified atom stereocenters. The summed E-state index contributed by atoms with van der Waals surface area (Å²) in [6.07, 6.45) is 0.750. The maximum Gasteiger partial charge on any atom is 0.293 e. The van der Waals surface area contributed by atoms with Gasteiger partial charge in [-0.3, -0.25) is 10.1 Å². The third-order valence-corrected chi connectivity index (χ3v) is 0.689. The largest absolute Gasteiger partial charge is 0.478 e. The number of nitro groups is 1. The molecule has 0 amide bonds. The van der Waals surface area contributed by atoms with E-state index in [1.54, 1.807) is 7.05 Å². The summed E-state index contributed by atoms with van der Waals surface area (Å²) in [5.74, 6) is 0.139. The standard InChI is InChI=1S/C4H8N2O3/c1-5-4(9-2)3-6(7)8/h3,5H,1-2H3/b4-3+. The van der Waals surface area contributed by atoms with Gasteiger partial charge in [0.1, 0.15) is 0 Å². The topological polar surface area (TPSA) is 64.4 Å². The number of hydrogen-bond donors (Lipinski definition) is 1. The molecule has 52 valence electrons. The lowest BCUT2D eigenvalue weighted by Crippen LogP contribution is -2.09. The molecule has 0 radical (unpaired) electrons. The molecule has 0 fully saturated rings. The molecule has 0 aliphatic rings. The Morgan fingerprint density at radius 1 is 1.89 bits per heavy atom. The lowest BCUT2D eigenvalue weighted by molar-refractivity contribution is -0.405. The molecular formula is C4H8N2O3. The minimum absolute atomic E-state index is 0.139. The Bertz CT molecular complexity index is 126. The molecule has 0 aliphatic heterocycles. The quantitative estimate of drug-likeness (QED) is 0.331. The summed E-state index contributed by atoms with van der Waals surface area (Å²) in [5, 5.41) is 12.2. The molecule has 0 aromatic carbocycles. The van der Waals surface area contributed by atoms with Gasteiger partial charge in [-0.15, -0.1) is 0 Å². The number of nitrogens with zero attached hydrogens (tertiary/aromatic N) is 1. The molecule has 0 spiro atoms. The van der Waals surface area contributed by atoms with Crippen molar-refractivity contribution in [2.24, 2.45) is 0 Å². The Morgan fingerprint density at radius 3 is 2.56 bits per heavy atom. The van der Waals surface area contributed by atoms with E-state index in [4.69, 9.17) is 0 Å². The Hall–Kier alpha value is -1.26. The molecule has 0 saturated carbocycles. The van der Waals surface area contributed by atoms with Gasteiger partial charge < -0.3 is 10.1 Å². The molecule has 0 atom stereocenters. The molecule has 0 aromatic rings. The molecule has 0 rings (SSSR count). The van der Waals surface area contributed by atoms with E-state index < -0.39 is 4.92 Å². The van der Waals surface area contributed by atoms with Crippen molar-refractivity contribution in [3.05, 3.63) is 22.2 Å². The van der Waals surface area contributed by atoms with Crippen molar-refractivity contribution < 1.29 is 9.66 Å². The fourth-order valence-corrected chi connectivity index (χ4v) is 0.315. The van der Waals surface area contributed by atoms with Crippen molar-refractivity contribution in [1.82, 2.24) is 5.32 Å². The molecular weight excluding hydrogens is 124 g/mol. The van der Waals surface area contributed by atoms with Crippen molar-refractivity contribution in [3.63, 3.8) is 0 Å². The van der Waals surface area contributed by atoms with Crippen LogP contribution in [0.3, 0.4) is 0 Å². The van der Waals surface area contributed by atoms with Crippen LogP contribution in [-0.2, 0) is 4.74 Å². The number of hydrogen-bond acceptors (Lipinski definition) is 4. The summed E-state index contributed by atoms with van der Waals surface area (Å²) in [7, 11) is 2.89. The van der Waals surface area contributed by atoms with E-state index >= 15 is 0 Å². The van der Waals surface area contributed by atoms with Crippen LogP contribution < -0.4 is 5.32 Å². The van der Waals surface area contributed by atoms with Gasteiger partial charge in [0.05, 0.1) is 12.0 Å². The van der Waals surface area contributed by atoms with Crippen molar-refractivity contribution in [3.8, 4) is 0 Å². The van der Waals surface area contributed by atoms with Gasteiger partial charge in [0.2, 0.25) is 0 Å². The molecule has 0 heterocycles. The smallest absolute Gasteiger partial charge is 0.293 e. The van der Waals surface area contributed by atoms with Gasteiger partial charge in [-0.2, -0.15) is 0 Å². The second kappa shape index (κ2) is 3.71. The zero-order valence-corrected chi connectivity index (χ0v) is 5.25. The lowest BCUT2D eigenvalue weighted by atomic mass is 10.8. The highest BCUT2D eigenvalue weighted by Crippen LogP contribution is 1.86. The highest BCUT2D eigenvalue weighted by Gasteiger charge is 1.95. The Labute approximate surface area is 52.5 Å². The number of nitrogens with one attached hydrogen (secondary N) is 1. The van der Waals surface area contributed by atoms with Crippen LogP contribution in [0.25, 0.3) is 0 Å². The van der Waals surface area contributed by atoms with E-state index in [-0.39, 0.29) is 5.88 Å². The summed E-state index contributed by atoms with van der Waals surface area (Å²) in [6, 6.07) is 0. The monoisotopic (exact) mass is 132 g/mol. The minimum Gasteiger partial charge on any atom is -0.478 e. The average Bonchev–Trinajstić information content (AvgIpc) is 1.82. The predicted molar refractivity (Wildman–Crippen MR) is 31.1 cm³/mol. The summed E-state index contributed by atoms with van der Waals surface area (Å²) < 4.78 is 4.52. The number of methoxy groups -OCH3 is 1. The summed E-state index contributed by atoms with van der Waals surface area (Å²) in [5.41, 5.74) is 0. The maximum atomic E-state index is 9.74. The van der Waals surface area contributed by atoms with Crippen molar-refractivity contribution in [1.29, 1.82) is 0 Å². The van der Waals surface area contributed by atoms with E-state index in [9.17, 15) is 10.1 Å². The Balaban J connectivity index is 3.91. The van der Waals surface area contributed by atoms with E-state index in [1.165, 1.54) is 7.11 Å². The SMILES string of the molecule is CN/C(=C\[N+](=O)[O-])OC. The first-order valence-corrected chi connectivity index (χ1v) is 2.27. The fraction of sp³-hybridized carbons (Fsp3) is 0.500. The van der Waals surface area contributed by atoms with Crippen LogP contribution in [0.5, 0.6) is 0 Å². The highest BCUT2D eigenvalue weighted by molar-refractivity contribution is 4.80. The molecule has 0 aromatic heterocycles. The van der Waals surface area contributed by atoms with Crippen LogP contribution in [0.4, 0.5) is 0 Å². The normalized spacial score (nSPS) is 10.7. The van der Waals surface area contributed by atoms with Crippen LogP contribution in [0.1, 0.15) is 0 Å². The third-order valence-electron chi connectivity index (χ3n) is 0.689. The second-order valence-corrected chi connectivity index (χ2v) is 1.23. The predicted octanol–water partition coefficient (Wildman–Crippen LogP) is -0.0722. The van der Waals surface area contributed by atoms with Gasteiger partial charge >= 0.3 is 0 Å². The summed E-state index contributed by atoms with van der Waals surface area (Å²) >= 11 is 0. The Morgan fingerprint density at radius 2 is 2.44 bits per heavy atom. The Kier molecular flexibility index (Phi) is 3.19. The van der Waals surface area contributed by atoms with E-state index in [1.807, 2.05) is 0 Å². The fourth-order valence-electron chi connectivity index (χ4n) is 0.315.